The molecule has 4 heteroatoms. The number of ether oxygens (including phenoxy) is 1. The first kappa shape index (κ1) is 11.3. The molecule has 0 aliphatic carbocycles. The summed E-state index contributed by atoms with van der Waals surface area (Å²) < 4.78 is 4.75. The van der Waals surface area contributed by atoms with Gasteiger partial charge < -0.3 is 10.1 Å². The van der Waals surface area contributed by atoms with Crippen LogP contribution in [-0.2, 0) is 9.53 Å². The van der Waals surface area contributed by atoms with E-state index in [1.54, 1.807) is 0 Å². The molecule has 0 aromatic heterocycles. The van der Waals surface area contributed by atoms with Crippen molar-refractivity contribution in [2.45, 2.75) is 37.0 Å². The molecule has 2 heterocycles. The van der Waals surface area contributed by atoms with E-state index >= 15 is 0 Å². The van der Waals surface area contributed by atoms with Crippen molar-refractivity contribution in [2.24, 2.45) is 5.92 Å². The Balaban J connectivity index is 1.74. The monoisotopic (exact) mass is 229 g/mol. The van der Waals surface area contributed by atoms with E-state index in [-0.39, 0.29) is 12.0 Å². The van der Waals surface area contributed by atoms with Crippen LogP contribution in [0, 0.1) is 5.92 Å². The van der Waals surface area contributed by atoms with Crippen molar-refractivity contribution in [1.29, 1.82) is 0 Å². The smallest absolute Gasteiger partial charge is 0.322 e. The molecule has 0 bridgehead atoms. The largest absolute Gasteiger partial charge is 0.468 e. The molecule has 15 heavy (non-hydrogen) atoms. The van der Waals surface area contributed by atoms with Crippen molar-refractivity contribution in [2.75, 3.05) is 19.4 Å². The van der Waals surface area contributed by atoms with Crippen LogP contribution in [0.2, 0.25) is 0 Å². The summed E-state index contributed by atoms with van der Waals surface area (Å²) in [5.41, 5.74) is 0. The summed E-state index contributed by atoms with van der Waals surface area (Å²) in [6.07, 6.45) is 4.97. The van der Waals surface area contributed by atoms with Gasteiger partial charge in [0.15, 0.2) is 0 Å². The zero-order valence-electron chi connectivity index (χ0n) is 9.20. The standard InChI is InChI=1S/C11H19NO2S/c1-14-11(13)10-6-8(7-12-10)5-9-3-2-4-15-9/h8-10,12H,2-7H2,1H3. The number of rotatable bonds is 3. The second-order valence-electron chi connectivity index (χ2n) is 4.46. The van der Waals surface area contributed by atoms with Gasteiger partial charge in [0.1, 0.15) is 6.04 Å². The van der Waals surface area contributed by atoms with Gasteiger partial charge in [0.2, 0.25) is 0 Å². The predicted octanol–water partition coefficient (Wildman–Crippen LogP) is 1.42. The molecule has 2 aliphatic heterocycles. The molecule has 2 saturated heterocycles. The number of nitrogens with one attached hydrogen (secondary N) is 1. The van der Waals surface area contributed by atoms with Crippen LogP contribution in [0.1, 0.15) is 25.7 Å². The van der Waals surface area contributed by atoms with E-state index in [2.05, 4.69) is 17.1 Å². The highest BCUT2D eigenvalue weighted by Gasteiger charge is 2.32. The lowest BCUT2D eigenvalue weighted by Gasteiger charge is -2.13. The first-order valence-electron chi connectivity index (χ1n) is 5.72. The number of thioether (sulfide) groups is 1. The van der Waals surface area contributed by atoms with Gasteiger partial charge in [-0.3, -0.25) is 4.79 Å². The molecule has 0 spiro atoms. The van der Waals surface area contributed by atoms with E-state index in [1.165, 1.54) is 32.1 Å². The first-order chi connectivity index (χ1) is 7.29. The molecular weight excluding hydrogens is 210 g/mol. The molecule has 2 rings (SSSR count). The van der Waals surface area contributed by atoms with E-state index in [0.717, 1.165) is 18.2 Å². The fraction of sp³-hybridized carbons (Fsp3) is 0.909. The average Bonchev–Trinajstić information content (AvgIpc) is 2.88. The van der Waals surface area contributed by atoms with E-state index in [4.69, 9.17) is 4.74 Å². The molecule has 3 unspecified atom stereocenters. The van der Waals surface area contributed by atoms with Crippen LogP contribution in [0.3, 0.4) is 0 Å². The minimum Gasteiger partial charge on any atom is -0.468 e. The Kier molecular flexibility index (Phi) is 3.92. The Bertz CT molecular complexity index is 229. The van der Waals surface area contributed by atoms with Crippen LogP contribution in [0.25, 0.3) is 0 Å². The maximum absolute atomic E-state index is 11.3. The highest BCUT2D eigenvalue weighted by atomic mass is 32.2. The van der Waals surface area contributed by atoms with Crippen LogP contribution < -0.4 is 5.32 Å². The third-order valence-electron chi connectivity index (χ3n) is 3.33. The molecule has 0 aromatic carbocycles. The van der Waals surface area contributed by atoms with Gasteiger partial charge in [0.25, 0.3) is 0 Å². The number of hydrogen-bond donors (Lipinski definition) is 1. The van der Waals surface area contributed by atoms with Crippen LogP contribution >= 0.6 is 11.8 Å². The van der Waals surface area contributed by atoms with Gasteiger partial charge in [-0.1, -0.05) is 0 Å². The van der Waals surface area contributed by atoms with E-state index in [9.17, 15) is 4.79 Å². The molecule has 86 valence electrons. The summed E-state index contributed by atoms with van der Waals surface area (Å²) in [5, 5.41) is 4.09. The van der Waals surface area contributed by atoms with Gasteiger partial charge in [-0.2, -0.15) is 11.8 Å². The molecule has 0 aromatic rings. The zero-order valence-corrected chi connectivity index (χ0v) is 10.0. The van der Waals surface area contributed by atoms with Crippen molar-refractivity contribution in [3.63, 3.8) is 0 Å². The van der Waals surface area contributed by atoms with Crippen molar-refractivity contribution in [3.8, 4) is 0 Å². The Morgan fingerprint density at radius 2 is 2.47 bits per heavy atom. The number of carbonyl (C=O) groups is 1. The van der Waals surface area contributed by atoms with Crippen LogP contribution in [-0.4, -0.2) is 36.7 Å². The fourth-order valence-electron chi connectivity index (χ4n) is 2.51. The average molecular weight is 229 g/mol. The highest BCUT2D eigenvalue weighted by molar-refractivity contribution is 8.00. The second kappa shape index (κ2) is 5.21. The lowest BCUT2D eigenvalue weighted by molar-refractivity contribution is -0.142. The topological polar surface area (TPSA) is 38.3 Å². The molecule has 0 amide bonds. The maximum Gasteiger partial charge on any atom is 0.322 e. The lowest BCUT2D eigenvalue weighted by atomic mass is 9.98. The van der Waals surface area contributed by atoms with Crippen molar-refractivity contribution in [1.82, 2.24) is 5.32 Å². The van der Waals surface area contributed by atoms with Gasteiger partial charge in [-0.25, -0.2) is 0 Å². The summed E-state index contributed by atoms with van der Waals surface area (Å²) in [4.78, 5) is 11.3. The van der Waals surface area contributed by atoms with E-state index < -0.39 is 0 Å². The van der Waals surface area contributed by atoms with Crippen LogP contribution in [0.15, 0.2) is 0 Å². The summed E-state index contributed by atoms with van der Waals surface area (Å²) in [6, 6.07) is -0.0496. The van der Waals surface area contributed by atoms with Crippen molar-refractivity contribution < 1.29 is 9.53 Å². The fourth-order valence-corrected chi connectivity index (χ4v) is 3.92. The quantitative estimate of drug-likeness (QED) is 0.743. The summed E-state index contributed by atoms with van der Waals surface area (Å²) in [7, 11) is 1.46. The van der Waals surface area contributed by atoms with Gasteiger partial charge in [0.05, 0.1) is 7.11 Å². The molecular formula is C11H19NO2S. The van der Waals surface area contributed by atoms with E-state index in [1.807, 2.05) is 0 Å². The maximum atomic E-state index is 11.3. The van der Waals surface area contributed by atoms with Gasteiger partial charge in [-0.15, -0.1) is 0 Å². The Hall–Kier alpha value is -0.220. The molecule has 3 atom stereocenters. The highest BCUT2D eigenvalue weighted by Crippen LogP contribution is 2.33. The van der Waals surface area contributed by atoms with Gasteiger partial charge in [-0.05, 0) is 43.9 Å². The third-order valence-corrected chi connectivity index (χ3v) is 4.75. The Labute approximate surface area is 95.3 Å². The molecule has 0 radical (unpaired) electrons. The molecule has 2 fully saturated rings. The number of methoxy groups -OCH3 is 1. The van der Waals surface area contributed by atoms with Gasteiger partial charge in [0, 0.05) is 5.25 Å². The SMILES string of the molecule is COC(=O)C1CC(CC2CCCS2)CN1. The van der Waals surface area contributed by atoms with Gasteiger partial charge >= 0.3 is 5.97 Å². The van der Waals surface area contributed by atoms with Crippen molar-refractivity contribution >= 4 is 17.7 Å². The summed E-state index contributed by atoms with van der Waals surface area (Å²) in [5.74, 6) is 1.90. The number of carbonyl (C=O) groups excluding carboxylic acids is 1. The van der Waals surface area contributed by atoms with E-state index in [0.29, 0.717) is 5.92 Å². The minimum absolute atomic E-state index is 0.0496. The van der Waals surface area contributed by atoms with Crippen LogP contribution in [0.4, 0.5) is 0 Å². The summed E-state index contributed by atoms with van der Waals surface area (Å²) in [6.45, 7) is 0.983. The lowest BCUT2D eigenvalue weighted by Crippen LogP contribution is -2.31. The summed E-state index contributed by atoms with van der Waals surface area (Å²) >= 11 is 2.10. The Morgan fingerprint density at radius 1 is 1.60 bits per heavy atom. The third kappa shape index (κ3) is 2.88. The Morgan fingerprint density at radius 3 is 3.13 bits per heavy atom. The molecule has 0 saturated carbocycles. The normalized spacial score (nSPS) is 35.7. The van der Waals surface area contributed by atoms with Crippen LogP contribution in [0.5, 0.6) is 0 Å². The predicted molar refractivity (Wildman–Crippen MR) is 62.0 cm³/mol. The minimum atomic E-state index is -0.100. The molecule has 1 N–H and O–H groups in total. The number of hydrogen-bond acceptors (Lipinski definition) is 4. The first-order valence-corrected chi connectivity index (χ1v) is 6.77. The number of esters is 1. The molecule has 2 aliphatic rings. The zero-order chi connectivity index (χ0) is 10.7. The molecule has 3 nitrogen and oxygen atoms in total. The van der Waals surface area contributed by atoms with Crippen molar-refractivity contribution in [3.05, 3.63) is 0 Å². The second-order valence-corrected chi connectivity index (χ2v) is 5.86.